The second-order valence-corrected chi connectivity index (χ2v) is 4.62. The second kappa shape index (κ2) is 4.04. The van der Waals surface area contributed by atoms with Crippen LogP contribution in [0.25, 0.3) is 0 Å². The Balaban J connectivity index is 1.88. The molecule has 1 aromatic carbocycles. The zero-order chi connectivity index (χ0) is 9.86. The highest BCUT2D eigenvalue weighted by Gasteiger charge is 2.29. The van der Waals surface area contributed by atoms with Gasteiger partial charge in [0.25, 0.3) is 0 Å². The van der Waals surface area contributed by atoms with E-state index >= 15 is 0 Å². The van der Waals surface area contributed by atoms with Crippen LogP contribution in [0.2, 0.25) is 0 Å². The van der Waals surface area contributed by atoms with E-state index < -0.39 is 0 Å². The first-order valence-corrected chi connectivity index (χ1v) is 5.46. The van der Waals surface area contributed by atoms with Gasteiger partial charge in [0.05, 0.1) is 6.61 Å². The fourth-order valence-corrected chi connectivity index (χ4v) is 2.15. The van der Waals surface area contributed by atoms with Gasteiger partial charge in [-0.05, 0) is 25.0 Å². The van der Waals surface area contributed by atoms with E-state index in [4.69, 9.17) is 4.74 Å². The van der Waals surface area contributed by atoms with Crippen LogP contribution in [0.5, 0.6) is 5.75 Å². The lowest BCUT2D eigenvalue weighted by molar-refractivity contribution is 0.168. The molecule has 0 bridgehead atoms. The minimum Gasteiger partial charge on any atom is -0.493 e. The fourth-order valence-electron chi connectivity index (χ4n) is 2.15. The highest BCUT2D eigenvalue weighted by atomic mass is 16.5. The molecule has 1 aliphatic carbocycles. The Morgan fingerprint density at radius 1 is 1.14 bits per heavy atom. The van der Waals surface area contributed by atoms with Crippen molar-refractivity contribution in [1.29, 1.82) is 0 Å². The molecule has 0 aliphatic heterocycles. The first kappa shape index (κ1) is 9.57. The van der Waals surface area contributed by atoms with Gasteiger partial charge in [0, 0.05) is 5.41 Å². The molecular formula is C13H18O. The number of benzene rings is 1. The summed E-state index contributed by atoms with van der Waals surface area (Å²) in [6, 6.07) is 10.1. The molecule has 14 heavy (non-hydrogen) atoms. The van der Waals surface area contributed by atoms with E-state index in [2.05, 4.69) is 6.92 Å². The van der Waals surface area contributed by atoms with E-state index in [1.54, 1.807) is 0 Å². The lowest BCUT2D eigenvalue weighted by Crippen LogP contribution is -2.21. The van der Waals surface area contributed by atoms with Crippen LogP contribution in [0.15, 0.2) is 30.3 Å². The fraction of sp³-hybridized carbons (Fsp3) is 0.538. The first-order valence-electron chi connectivity index (χ1n) is 5.46. The van der Waals surface area contributed by atoms with Crippen LogP contribution in [-0.4, -0.2) is 6.61 Å². The molecule has 1 aliphatic rings. The summed E-state index contributed by atoms with van der Waals surface area (Å²) in [5.74, 6) is 1.00. The summed E-state index contributed by atoms with van der Waals surface area (Å²) in [5.41, 5.74) is 0.426. The maximum Gasteiger partial charge on any atom is 0.119 e. The molecule has 0 spiro atoms. The summed E-state index contributed by atoms with van der Waals surface area (Å²) in [6.45, 7) is 3.21. The summed E-state index contributed by atoms with van der Waals surface area (Å²) in [5, 5.41) is 0. The molecule has 1 aromatic rings. The van der Waals surface area contributed by atoms with Crippen LogP contribution in [0, 0.1) is 5.41 Å². The molecule has 0 aromatic heterocycles. The standard InChI is InChI=1S/C13H18O/c1-13(9-5-6-10-13)11-14-12-7-3-2-4-8-12/h2-4,7-8H,5-6,9-11H2,1H3. The SMILES string of the molecule is CC1(COc2ccccc2)CCCC1. The monoisotopic (exact) mass is 190 g/mol. The van der Waals surface area contributed by atoms with Crippen molar-refractivity contribution < 1.29 is 4.74 Å². The van der Waals surface area contributed by atoms with E-state index in [1.807, 2.05) is 30.3 Å². The van der Waals surface area contributed by atoms with Crippen LogP contribution in [0.3, 0.4) is 0 Å². The number of hydrogen-bond acceptors (Lipinski definition) is 1. The Morgan fingerprint density at radius 2 is 1.79 bits per heavy atom. The molecular weight excluding hydrogens is 172 g/mol. The van der Waals surface area contributed by atoms with E-state index in [1.165, 1.54) is 25.7 Å². The van der Waals surface area contributed by atoms with Crippen molar-refractivity contribution in [3.05, 3.63) is 30.3 Å². The summed E-state index contributed by atoms with van der Waals surface area (Å²) < 4.78 is 5.79. The Morgan fingerprint density at radius 3 is 2.43 bits per heavy atom. The predicted molar refractivity (Wildman–Crippen MR) is 58.5 cm³/mol. The average Bonchev–Trinajstić information content (AvgIpc) is 2.65. The van der Waals surface area contributed by atoms with E-state index in [0.717, 1.165) is 12.4 Å². The van der Waals surface area contributed by atoms with Crippen LogP contribution in [0.1, 0.15) is 32.6 Å². The zero-order valence-electron chi connectivity index (χ0n) is 8.83. The smallest absolute Gasteiger partial charge is 0.119 e. The average molecular weight is 190 g/mol. The third-order valence-corrected chi connectivity index (χ3v) is 3.14. The summed E-state index contributed by atoms with van der Waals surface area (Å²) in [6.07, 6.45) is 5.38. The van der Waals surface area contributed by atoms with Crippen molar-refractivity contribution in [2.24, 2.45) is 5.41 Å². The predicted octanol–water partition coefficient (Wildman–Crippen LogP) is 3.65. The molecule has 76 valence electrons. The first-order chi connectivity index (χ1) is 6.79. The Labute approximate surface area is 86.1 Å². The van der Waals surface area contributed by atoms with Crippen molar-refractivity contribution in [2.45, 2.75) is 32.6 Å². The number of hydrogen-bond donors (Lipinski definition) is 0. The van der Waals surface area contributed by atoms with Gasteiger partial charge in [-0.15, -0.1) is 0 Å². The second-order valence-electron chi connectivity index (χ2n) is 4.62. The number of para-hydroxylation sites is 1. The Kier molecular flexibility index (Phi) is 2.76. The third kappa shape index (κ3) is 2.28. The van der Waals surface area contributed by atoms with Gasteiger partial charge in [-0.25, -0.2) is 0 Å². The minimum atomic E-state index is 0.426. The third-order valence-electron chi connectivity index (χ3n) is 3.14. The summed E-state index contributed by atoms with van der Waals surface area (Å²) in [7, 11) is 0. The molecule has 0 atom stereocenters. The Hall–Kier alpha value is -0.980. The van der Waals surface area contributed by atoms with E-state index in [0.29, 0.717) is 5.41 Å². The normalized spacial score (nSPS) is 19.5. The minimum absolute atomic E-state index is 0.426. The maximum atomic E-state index is 5.79. The molecule has 2 rings (SSSR count). The lowest BCUT2D eigenvalue weighted by Gasteiger charge is -2.23. The van der Waals surface area contributed by atoms with Gasteiger partial charge in [0.15, 0.2) is 0 Å². The summed E-state index contributed by atoms with van der Waals surface area (Å²) in [4.78, 5) is 0. The number of ether oxygens (including phenoxy) is 1. The van der Waals surface area contributed by atoms with Gasteiger partial charge in [0.1, 0.15) is 5.75 Å². The highest BCUT2D eigenvalue weighted by Crippen LogP contribution is 2.37. The quantitative estimate of drug-likeness (QED) is 0.707. The molecule has 0 saturated heterocycles. The summed E-state index contributed by atoms with van der Waals surface area (Å²) >= 11 is 0. The van der Waals surface area contributed by atoms with Crippen LogP contribution in [-0.2, 0) is 0 Å². The van der Waals surface area contributed by atoms with Gasteiger partial charge < -0.3 is 4.74 Å². The molecule has 1 saturated carbocycles. The molecule has 1 heteroatoms. The number of rotatable bonds is 3. The van der Waals surface area contributed by atoms with Crippen molar-refractivity contribution >= 4 is 0 Å². The van der Waals surface area contributed by atoms with Crippen LogP contribution < -0.4 is 4.74 Å². The lowest BCUT2D eigenvalue weighted by atomic mass is 9.90. The van der Waals surface area contributed by atoms with Gasteiger partial charge in [-0.3, -0.25) is 0 Å². The van der Waals surface area contributed by atoms with Crippen LogP contribution >= 0.6 is 0 Å². The largest absolute Gasteiger partial charge is 0.493 e. The van der Waals surface area contributed by atoms with Gasteiger partial charge in [-0.1, -0.05) is 38.0 Å². The van der Waals surface area contributed by atoms with Crippen molar-refractivity contribution in [3.8, 4) is 5.75 Å². The Bertz CT molecular complexity index is 273. The molecule has 0 heterocycles. The molecule has 0 N–H and O–H groups in total. The maximum absolute atomic E-state index is 5.79. The van der Waals surface area contributed by atoms with Crippen LogP contribution in [0.4, 0.5) is 0 Å². The zero-order valence-corrected chi connectivity index (χ0v) is 8.83. The van der Waals surface area contributed by atoms with Gasteiger partial charge >= 0.3 is 0 Å². The van der Waals surface area contributed by atoms with Gasteiger partial charge in [-0.2, -0.15) is 0 Å². The topological polar surface area (TPSA) is 9.23 Å². The molecule has 1 fully saturated rings. The van der Waals surface area contributed by atoms with Crippen molar-refractivity contribution in [2.75, 3.05) is 6.61 Å². The van der Waals surface area contributed by atoms with Gasteiger partial charge in [0.2, 0.25) is 0 Å². The van der Waals surface area contributed by atoms with Crippen molar-refractivity contribution in [3.63, 3.8) is 0 Å². The molecule has 0 unspecified atom stereocenters. The highest BCUT2D eigenvalue weighted by molar-refractivity contribution is 5.21. The molecule has 0 amide bonds. The van der Waals surface area contributed by atoms with Crippen molar-refractivity contribution in [1.82, 2.24) is 0 Å². The molecule has 1 nitrogen and oxygen atoms in total. The van der Waals surface area contributed by atoms with E-state index in [-0.39, 0.29) is 0 Å². The van der Waals surface area contributed by atoms with E-state index in [9.17, 15) is 0 Å². The molecule has 0 radical (unpaired) electrons.